The van der Waals surface area contributed by atoms with E-state index in [-0.39, 0.29) is 34.8 Å². The Kier molecular flexibility index (Phi) is 4.91. The van der Waals surface area contributed by atoms with Crippen molar-refractivity contribution in [2.75, 3.05) is 0 Å². The second-order valence-electron chi connectivity index (χ2n) is 6.75. The number of benzene rings is 3. The number of ketones is 1. The summed E-state index contributed by atoms with van der Waals surface area (Å²) in [5.41, 5.74) is 1.56. The van der Waals surface area contributed by atoms with Crippen LogP contribution < -0.4 is 9.47 Å². The average molecular weight is 390 g/mol. The van der Waals surface area contributed by atoms with E-state index in [4.69, 9.17) is 9.47 Å². The SMILES string of the molecule is O=C(O)c1cc(O)cc2c1C(=O)CC(c1ccc(OCc3ccccc3)cc1)O2. The van der Waals surface area contributed by atoms with Crippen LogP contribution in [0.2, 0.25) is 0 Å². The third-order valence-corrected chi connectivity index (χ3v) is 4.74. The topological polar surface area (TPSA) is 93.1 Å². The van der Waals surface area contributed by atoms with Gasteiger partial charge in [0.25, 0.3) is 0 Å². The summed E-state index contributed by atoms with van der Waals surface area (Å²) in [5, 5.41) is 19.1. The van der Waals surface area contributed by atoms with Gasteiger partial charge in [0.05, 0.1) is 17.5 Å². The normalized spacial score (nSPS) is 15.3. The number of phenolic OH excluding ortho intramolecular Hbond substituents is 1. The molecule has 0 aliphatic carbocycles. The van der Waals surface area contributed by atoms with Crippen LogP contribution in [-0.4, -0.2) is 22.0 Å². The second kappa shape index (κ2) is 7.67. The van der Waals surface area contributed by atoms with Gasteiger partial charge in [-0.25, -0.2) is 4.79 Å². The Morgan fingerprint density at radius 3 is 2.48 bits per heavy atom. The van der Waals surface area contributed by atoms with Crippen LogP contribution in [0.5, 0.6) is 17.2 Å². The summed E-state index contributed by atoms with van der Waals surface area (Å²) >= 11 is 0. The van der Waals surface area contributed by atoms with E-state index in [0.29, 0.717) is 12.4 Å². The lowest BCUT2D eigenvalue weighted by atomic mass is 9.92. The van der Waals surface area contributed by atoms with Crippen LogP contribution in [0, 0.1) is 0 Å². The molecule has 1 unspecified atom stereocenters. The molecule has 0 amide bonds. The van der Waals surface area contributed by atoms with Gasteiger partial charge >= 0.3 is 5.97 Å². The first-order valence-corrected chi connectivity index (χ1v) is 9.08. The minimum absolute atomic E-state index is 0.00522. The third-order valence-electron chi connectivity index (χ3n) is 4.74. The van der Waals surface area contributed by atoms with Crippen LogP contribution in [0.15, 0.2) is 66.7 Å². The van der Waals surface area contributed by atoms with Crippen molar-refractivity contribution in [3.05, 3.63) is 89.0 Å². The number of hydrogen-bond donors (Lipinski definition) is 2. The van der Waals surface area contributed by atoms with Gasteiger partial charge in [-0.1, -0.05) is 42.5 Å². The lowest BCUT2D eigenvalue weighted by molar-refractivity contribution is 0.0680. The van der Waals surface area contributed by atoms with Gasteiger partial charge in [-0.2, -0.15) is 0 Å². The highest BCUT2D eigenvalue weighted by Gasteiger charge is 2.32. The molecule has 0 radical (unpaired) electrons. The van der Waals surface area contributed by atoms with Crippen LogP contribution in [0.4, 0.5) is 0 Å². The minimum Gasteiger partial charge on any atom is -0.508 e. The van der Waals surface area contributed by atoms with Crippen LogP contribution in [-0.2, 0) is 6.61 Å². The molecular weight excluding hydrogens is 372 g/mol. The van der Waals surface area contributed by atoms with Crippen molar-refractivity contribution in [1.29, 1.82) is 0 Å². The molecule has 146 valence electrons. The maximum atomic E-state index is 12.6. The number of carboxylic acid groups (broad SMARTS) is 1. The molecule has 1 heterocycles. The fourth-order valence-corrected chi connectivity index (χ4v) is 3.32. The molecule has 29 heavy (non-hydrogen) atoms. The smallest absolute Gasteiger partial charge is 0.336 e. The Morgan fingerprint density at radius 1 is 1.07 bits per heavy atom. The summed E-state index contributed by atoms with van der Waals surface area (Å²) in [5.74, 6) is -1.12. The fourth-order valence-electron chi connectivity index (χ4n) is 3.32. The molecule has 0 saturated heterocycles. The Morgan fingerprint density at radius 2 is 1.79 bits per heavy atom. The summed E-state index contributed by atoms with van der Waals surface area (Å²) in [4.78, 5) is 24.0. The van der Waals surface area contributed by atoms with Crippen molar-refractivity contribution < 1.29 is 29.3 Å². The first-order valence-electron chi connectivity index (χ1n) is 9.08. The maximum absolute atomic E-state index is 12.6. The van der Waals surface area contributed by atoms with E-state index in [9.17, 15) is 19.8 Å². The zero-order chi connectivity index (χ0) is 20.4. The molecule has 0 saturated carbocycles. The average Bonchev–Trinajstić information content (AvgIpc) is 2.72. The van der Waals surface area contributed by atoms with Gasteiger partial charge in [-0.3, -0.25) is 4.79 Å². The number of aromatic carboxylic acids is 1. The number of Topliss-reactive ketones (excluding diaryl/α,β-unsaturated/α-hetero) is 1. The molecule has 3 aromatic carbocycles. The highest BCUT2D eigenvalue weighted by molar-refractivity contribution is 6.09. The number of ether oxygens (including phenoxy) is 2. The van der Waals surface area contributed by atoms with Crippen molar-refractivity contribution in [1.82, 2.24) is 0 Å². The van der Waals surface area contributed by atoms with Gasteiger partial charge < -0.3 is 19.7 Å². The van der Waals surface area contributed by atoms with Gasteiger partial charge in [-0.05, 0) is 29.3 Å². The molecule has 4 rings (SSSR count). The van der Waals surface area contributed by atoms with Crippen molar-refractivity contribution in [3.8, 4) is 17.2 Å². The maximum Gasteiger partial charge on any atom is 0.336 e. The first-order chi connectivity index (χ1) is 14.0. The molecule has 0 bridgehead atoms. The minimum atomic E-state index is -1.28. The summed E-state index contributed by atoms with van der Waals surface area (Å²) in [6, 6.07) is 19.3. The quantitative estimate of drug-likeness (QED) is 0.672. The molecular formula is C23H18O6. The highest BCUT2D eigenvalue weighted by atomic mass is 16.5. The van der Waals surface area contributed by atoms with E-state index in [1.165, 1.54) is 6.07 Å². The number of rotatable bonds is 5. The predicted octanol–water partition coefficient (Wildman–Crippen LogP) is 4.38. The highest BCUT2D eigenvalue weighted by Crippen LogP contribution is 2.39. The van der Waals surface area contributed by atoms with Gasteiger partial charge in [0.1, 0.15) is 30.0 Å². The molecule has 1 atom stereocenters. The lowest BCUT2D eigenvalue weighted by Crippen LogP contribution is -2.23. The summed E-state index contributed by atoms with van der Waals surface area (Å²) in [6.07, 6.45) is -0.552. The lowest BCUT2D eigenvalue weighted by Gasteiger charge is -2.26. The van der Waals surface area contributed by atoms with Gasteiger partial charge in [-0.15, -0.1) is 0 Å². The van der Waals surface area contributed by atoms with E-state index in [0.717, 1.165) is 17.2 Å². The second-order valence-corrected chi connectivity index (χ2v) is 6.75. The molecule has 0 spiro atoms. The first kappa shape index (κ1) is 18.6. The third kappa shape index (κ3) is 3.91. The fraction of sp³-hybridized carbons (Fsp3) is 0.130. The molecule has 2 N–H and O–H groups in total. The zero-order valence-corrected chi connectivity index (χ0v) is 15.4. The Labute approximate surface area is 167 Å². The van der Waals surface area contributed by atoms with Crippen LogP contribution >= 0.6 is 0 Å². The number of carboxylic acids is 1. The van der Waals surface area contributed by atoms with Crippen molar-refractivity contribution in [3.63, 3.8) is 0 Å². The van der Waals surface area contributed by atoms with Gasteiger partial charge in [0.15, 0.2) is 5.78 Å². The summed E-state index contributed by atoms with van der Waals surface area (Å²) in [6.45, 7) is 0.448. The van der Waals surface area contributed by atoms with Crippen molar-refractivity contribution >= 4 is 11.8 Å². The zero-order valence-electron chi connectivity index (χ0n) is 15.4. The van der Waals surface area contributed by atoms with Crippen molar-refractivity contribution in [2.45, 2.75) is 19.1 Å². The Bertz CT molecular complexity index is 1060. The number of carbonyl (C=O) groups is 2. The molecule has 6 nitrogen and oxygen atoms in total. The van der Waals surface area contributed by atoms with Gasteiger partial charge in [0, 0.05) is 6.07 Å². The molecule has 1 aliphatic heterocycles. The number of fused-ring (bicyclic) bond motifs is 1. The van der Waals surface area contributed by atoms with Gasteiger partial charge in [0.2, 0.25) is 0 Å². The predicted molar refractivity (Wildman–Crippen MR) is 105 cm³/mol. The van der Waals surface area contributed by atoms with E-state index in [1.54, 1.807) is 12.1 Å². The van der Waals surface area contributed by atoms with Crippen LogP contribution in [0.25, 0.3) is 0 Å². The van der Waals surface area contributed by atoms with Crippen molar-refractivity contribution in [2.24, 2.45) is 0 Å². The standard InChI is InChI=1S/C23H18O6/c24-16-10-18(23(26)27)22-19(25)12-20(29-21(22)11-16)15-6-8-17(9-7-15)28-13-14-4-2-1-3-5-14/h1-11,20,24H,12-13H2,(H,26,27). The van der Waals surface area contributed by atoms with Crippen LogP contribution in [0.1, 0.15) is 44.4 Å². The molecule has 1 aliphatic rings. The largest absolute Gasteiger partial charge is 0.508 e. The number of aromatic hydroxyl groups is 1. The molecule has 6 heteroatoms. The monoisotopic (exact) mass is 390 g/mol. The molecule has 3 aromatic rings. The van der Waals surface area contributed by atoms with E-state index in [2.05, 4.69) is 0 Å². The number of phenols is 1. The summed E-state index contributed by atoms with van der Waals surface area (Å²) in [7, 11) is 0. The Hall–Kier alpha value is -3.80. The molecule has 0 fully saturated rings. The Balaban J connectivity index is 1.51. The van der Waals surface area contributed by atoms with E-state index < -0.39 is 12.1 Å². The van der Waals surface area contributed by atoms with E-state index >= 15 is 0 Å². The van der Waals surface area contributed by atoms with E-state index in [1.807, 2.05) is 42.5 Å². The number of hydrogen-bond acceptors (Lipinski definition) is 5. The van der Waals surface area contributed by atoms with Crippen LogP contribution in [0.3, 0.4) is 0 Å². The summed E-state index contributed by atoms with van der Waals surface area (Å²) < 4.78 is 11.6. The molecule has 0 aromatic heterocycles. The number of carbonyl (C=O) groups excluding carboxylic acids is 1.